The van der Waals surface area contributed by atoms with Crippen molar-refractivity contribution in [1.29, 1.82) is 0 Å². The van der Waals surface area contributed by atoms with Gasteiger partial charge in [-0.15, -0.1) is 4.40 Å². The van der Waals surface area contributed by atoms with Gasteiger partial charge in [0.2, 0.25) is 5.91 Å². The van der Waals surface area contributed by atoms with Crippen molar-refractivity contribution in [2.24, 2.45) is 4.40 Å². The monoisotopic (exact) mass is 427 g/mol. The molecule has 30 heavy (non-hydrogen) atoms. The van der Waals surface area contributed by atoms with Crippen LogP contribution in [0.1, 0.15) is 43.2 Å². The molecular formula is C23H29N3O3S. The van der Waals surface area contributed by atoms with E-state index in [1.54, 1.807) is 12.1 Å². The molecular weight excluding hydrogens is 398 g/mol. The van der Waals surface area contributed by atoms with Crippen LogP contribution in [0.5, 0.6) is 0 Å². The standard InChI is InChI=1S/C23H29N3O3S/c1-18-10-12-19(13-11-18)14-15-23(27)24-20-7-6-8-21(17-20)30(28,29)25-22-9-4-3-5-16-26(22)2/h6-8,10-13,17H,3-5,9,14-16H2,1-2H3,(H,24,27). The molecule has 0 saturated carbocycles. The highest BCUT2D eigenvalue weighted by molar-refractivity contribution is 7.90. The zero-order valence-corrected chi connectivity index (χ0v) is 18.4. The summed E-state index contributed by atoms with van der Waals surface area (Å²) in [4.78, 5) is 14.3. The smallest absolute Gasteiger partial charge is 0.284 e. The summed E-state index contributed by atoms with van der Waals surface area (Å²) >= 11 is 0. The van der Waals surface area contributed by atoms with E-state index in [1.807, 2.05) is 43.1 Å². The molecule has 2 aromatic rings. The van der Waals surface area contributed by atoms with Gasteiger partial charge in [0.15, 0.2) is 0 Å². The van der Waals surface area contributed by atoms with Crippen LogP contribution in [0.25, 0.3) is 0 Å². The highest BCUT2D eigenvalue weighted by atomic mass is 32.2. The van der Waals surface area contributed by atoms with Crippen molar-refractivity contribution in [2.45, 2.75) is 50.3 Å². The van der Waals surface area contributed by atoms with Gasteiger partial charge in [-0.1, -0.05) is 42.3 Å². The second kappa shape index (κ2) is 9.89. The highest BCUT2D eigenvalue weighted by Gasteiger charge is 2.19. The number of rotatable bonds is 6. The van der Waals surface area contributed by atoms with Gasteiger partial charge in [-0.2, -0.15) is 8.42 Å². The Bertz CT molecular complexity index is 1010. The van der Waals surface area contributed by atoms with Gasteiger partial charge >= 0.3 is 0 Å². The molecule has 0 radical (unpaired) electrons. The number of hydrogen-bond donors (Lipinski definition) is 1. The minimum absolute atomic E-state index is 0.0870. The fourth-order valence-corrected chi connectivity index (χ4v) is 4.55. The van der Waals surface area contributed by atoms with Crippen LogP contribution in [0.4, 0.5) is 5.69 Å². The second-order valence-corrected chi connectivity index (χ2v) is 9.38. The molecule has 0 aliphatic carbocycles. The van der Waals surface area contributed by atoms with Gasteiger partial charge in [0.05, 0.1) is 4.90 Å². The number of anilines is 1. The molecule has 0 atom stereocenters. The summed E-state index contributed by atoms with van der Waals surface area (Å²) in [5, 5.41) is 2.80. The van der Waals surface area contributed by atoms with Crippen LogP contribution in [0.15, 0.2) is 57.8 Å². The minimum atomic E-state index is -3.83. The van der Waals surface area contributed by atoms with E-state index in [4.69, 9.17) is 0 Å². The van der Waals surface area contributed by atoms with Crippen molar-refractivity contribution in [3.63, 3.8) is 0 Å². The molecule has 7 heteroatoms. The fourth-order valence-electron chi connectivity index (χ4n) is 3.41. The highest BCUT2D eigenvalue weighted by Crippen LogP contribution is 2.20. The van der Waals surface area contributed by atoms with E-state index >= 15 is 0 Å². The first-order chi connectivity index (χ1) is 14.3. The number of carbonyl (C=O) groups excluding carboxylic acids is 1. The lowest BCUT2D eigenvalue weighted by molar-refractivity contribution is -0.116. The number of benzene rings is 2. The topological polar surface area (TPSA) is 78.8 Å². The van der Waals surface area contributed by atoms with Gasteiger partial charge in [0.25, 0.3) is 10.0 Å². The largest absolute Gasteiger partial charge is 0.362 e. The van der Waals surface area contributed by atoms with E-state index in [-0.39, 0.29) is 10.8 Å². The van der Waals surface area contributed by atoms with E-state index in [0.717, 1.165) is 31.4 Å². The van der Waals surface area contributed by atoms with Gasteiger partial charge in [0.1, 0.15) is 5.84 Å². The number of likely N-dealkylation sites (tertiary alicyclic amines) is 1. The molecule has 160 valence electrons. The third kappa shape index (κ3) is 6.16. The van der Waals surface area contributed by atoms with E-state index in [9.17, 15) is 13.2 Å². The Hall–Kier alpha value is -2.67. The predicted octanol–water partition coefficient (Wildman–Crippen LogP) is 4.16. The maximum absolute atomic E-state index is 12.8. The lowest BCUT2D eigenvalue weighted by Crippen LogP contribution is -2.26. The first-order valence-electron chi connectivity index (χ1n) is 10.3. The number of nitrogens with one attached hydrogen (secondary N) is 1. The normalized spacial score (nSPS) is 16.3. The molecule has 0 bridgehead atoms. The Morgan fingerprint density at radius 1 is 1.10 bits per heavy atom. The Kier molecular flexibility index (Phi) is 7.26. The Labute approximate surface area is 179 Å². The number of aryl methyl sites for hydroxylation is 2. The molecule has 0 unspecified atom stereocenters. The lowest BCUT2D eigenvalue weighted by Gasteiger charge is -2.17. The molecule has 0 aromatic heterocycles. The molecule has 1 fully saturated rings. The van der Waals surface area contributed by atoms with Crippen LogP contribution in [-0.4, -0.2) is 38.7 Å². The summed E-state index contributed by atoms with van der Waals surface area (Å²) in [6, 6.07) is 14.4. The zero-order valence-electron chi connectivity index (χ0n) is 17.6. The molecule has 1 aliphatic heterocycles. The summed E-state index contributed by atoms with van der Waals surface area (Å²) in [7, 11) is -1.95. The van der Waals surface area contributed by atoms with E-state index in [0.29, 0.717) is 30.8 Å². The molecule has 0 spiro atoms. The van der Waals surface area contributed by atoms with Gasteiger partial charge in [-0.25, -0.2) is 0 Å². The van der Waals surface area contributed by atoms with Crippen molar-refractivity contribution < 1.29 is 13.2 Å². The Morgan fingerprint density at radius 3 is 2.63 bits per heavy atom. The first kappa shape index (κ1) is 22.0. The molecule has 1 amide bonds. The summed E-state index contributed by atoms with van der Waals surface area (Å²) in [5.74, 6) is 0.444. The molecule has 6 nitrogen and oxygen atoms in total. The van der Waals surface area contributed by atoms with E-state index < -0.39 is 10.0 Å². The number of sulfonamides is 1. The van der Waals surface area contributed by atoms with Gasteiger partial charge in [-0.05, 0) is 49.9 Å². The molecule has 1 saturated heterocycles. The fraction of sp³-hybridized carbons (Fsp3) is 0.391. The zero-order chi connectivity index (χ0) is 21.6. The van der Waals surface area contributed by atoms with Crippen molar-refractivity contribution in [3.8, 4) is 0 Å². The van der Waals surface area contributed by atoms with Crippen LogP contribution in [0, 0.1) is 6.92 Å². The maximum atomic E-state index is 12.8. The van der Waals surface area contributed by atoms with Crippen LogP contribution in [0.2, 0.25) is 0 Å². The number of amidine groups is 1. The molecule has 1 aliphatic rings. The molecule has 3 rings (SSSR count). The van der Waals surface area contributed by atoms with Gasteiger partial charge in [-0.3, -0.25) is 4.79 Å². The number of amides is 1. The molecule has 1 heterocycles. The van der Waals surface area contributed by atoms with Crippen LogP contribution < -0.4 is 5.32 Å². The van der Waals surface area contributed by atoms with Gasteiger partial charge in [0, 0.05) is 32.1 Å². The van der Waals surface area contributed by atoms with Crippen LogP contribution in [-0.2, 0) is 21.2 Å². The lowest BCUT2D eigenvalue weighted by atomic mass is 10.1. The van der Waals surface area contributed by atoms with Crippen molar-refractivity contribution in [3.05, 3.63) is 59.7 Å². The quantitative estimate of drug-likeness (QED) is 0.751. The summed E-state index contributed by atoms with van der Waals surface area (Å²) in [5.41, 5.74) is 2.73. The van der Waals surface area contributed by atoms with E-state index in [1.165, 1.54) is 17.7 Å². The number of carbonyl (C=O) groups is 1. The number of nitrogens with zero attached hydrogens (tertiary/aromatic N) is 2. The second-order valence-electron chi connectivity index (χ2n) is 7.78. The third-order valence-electron chi connectivity index (χ3n) is 5.24. The van der Waals surface area contributed by atoms with Crippen molar-refractivity contribution in [2.75, 3.05) is 18.9 Å². The SMILES string of the molecule is Cc1ccc(CCC(=O)Nc2cccc(S(=O)(=O)N=C3CCCCCN3C)c2)cc1. The summed E-state index contributed by atoms with van der Waals surface area (Å²) in [6.45, 7) is 2.83. The van der Waals surface area contributed by atoms with Gasteiger partial charge < -0.3 is 10.2 Å². The maximum Gasteiger partial charge on any atom is 0.284 e. The van der Waals surface area contributed by atoms with Crippen molar-refractivity contribution in [1.82, 2.24) is 4.90 Å². The van der Waals surface area contributed by atoms with Crippen molar-refractivity contribution >= 4 is 27.5 Å². The average molecular weight is 428 g/mol. The molecule has 1 N–H and O–H groups in total. The minimum Gasteiger partial charge on any atom is -0.362 e. The average Bonchev–Trinajstić information content (AvgIpc) is 2.92. The van der Waals surface area contributed by atoms with E-state index in [2.05, 4.69) is 9.71 Å². The predicted molar refractivity (Wildman–Crippen MR) is 120 cm³/mol. The van der Waals surface area contributed by atoms with Crippen LogP contribution in [0.3, 0.4) is 0 Å². The Balaban J connectivity index is 1.67. The Morgan fingerprint density at radius 2 is 1.87 bits per heavy atom. The first-order valence-corrected chi connectivity index (χ1v) is 11.8. The van der Waals surface area contributed by atoms with Crippen LogP contribution >= 0.6 is 0 Å². The number of hydrogen-bond acceptors (Lipinski definition) is 3. The molecule has 2 aromatic carbocycles. The summed E-state index contributed by atoms with van der Waals surface area (Å²) in [6.07, 6.45) is 4.67. The third-order valence-corrected chi connectivity index (χ3v) is 6.54. The summed E-state index contributed by atoms with van der Waals surface area (Å²) < 4.78 is 29.7.